The number of carboxylic acids is 1. The number of hydrogen-bond donors (Lipinski definition) is 3. The smallest absolute Gasteiger partial charge is 0.326 e. The van der Waals surface area contributed by atoms with E-state index in [-0.39, 0.29) is 5.82 Å². The summed E-state index contributed by atoms with van der Waals surface area (Å²) in [5.74, 6) is -0.771. The molecule has 1 aromatic rings. The molecule has 0 bridgehead atoms. The maximum atomic E-state index is 11.5. The van der Waals surface area contributed by atoms with Gasteiger partial charge in [-0.15, -0.1) is 0 Å². The highest BCUT2D eigenvalue weighted by molar-refractivity contribution is 5.91. The second-order valence-electron chi connectivity index (χ2n) is 3.72. The minimum atomic E-state index is -1.04. The zero-order valence-corrected chi connectivity index (χ0v) is 10.1. The van der Waals surface area contributed by atoms with E-state index in [0.29, 0.717) is 6.42 Å². The first-order valence-corrected chi connectivity index (χ1v) is 5.69. The lowest BCUT2D eigenvalue weighted by atomic mass is 10.1. The Balaban J connectivity index is 2.48. The minimum absolute atomic E-state index is 0.273. The van der Waals surface area contributed by atoms with Gasteiger partial charge in [0, 0.05) is 12.4 Å². The van der Waals surface area contributed by atoms with Crippen LogP contribution < -0.4 is 10.6 Å². The van der Waals surface area contributed by atoms with Crippen LogP contribution in [0.4, 0.5) is 10.6 Å². The van der Waals surface area contributed by atoms with Crippen molar-refractivity contribution < 1.29 is 14.7 Å². The number of rotatable bonds is 6. The molecule has 7 heteroatoms. The summed E-state index contributed by atoms with van der Waals surface area (Å²) in [4.78, 5) is 30.1. The molecule has 1 rings (SSSR count). The molecular weight excluding hydrogens is 236 g/mol. The number of aromatic nitrogens is 2. The van der Waals surface area contributed by atoms with Gasteiger partial charge in [0.1, 0.15) is 6.04 Å². The summed E-state index contributed by atoms with van der Waals surface area (Å²) >= 11 is 0. The summed E-state index contributed by atoms with van der Waals surface area (Å²) in [6.45, 7) is 1.96. The van der Waals surface area contributed by atoms with Gasteiger partial charge in [0.25, 0.3) is 0 Å². The fourth-order valence-corrected chi connectivity index (χ4v) is 1.34. The number of unbranched alkanes of at least 4 members (excludes halogenated alkanes) is 1. The number of carbonyl (C=O) groups excluding carboxylic acids is 1. The largest absolute Gasteiger partial charge is 0.480 e. The monoisotopic (exact) mass is 252 g/mol. The molecule has 0 radical (unpaired) electrons. The van der Waals surface area contributed by atoms with E-state index in [1.54, 1.807) is 0 Å². The van der Waals surface area contributed by atoms with E-state index < -0.39 is 18.0 Å². The van der Waals surface area contributed by atoms with Crippen LogP contribution in [0.2, 0.25) is 0 Å². The summed E-state index contributed by atoms with van der Waals surface area (Å²) < 4.78 is 0. The molecule has 18 heavy (non-hydrogen) atoms. The van der Waals surface area contributed by atoms with E-state index in [0.717, 1.165) is 12.8 Å². The van der Waals surface area contributed by atoms with Gasteiger partial charge in [-0.25, -0.2) is 14.6 Å². The standard InChI is InChI=1S/C11H16N4O3/c1-2-3-4-8(10(16)17)14-11(18)15-9-7-12-5-6-13-9/h5-8H,2-4H2,1H3,(H,16,17)(H2,13,14,15,18). The van der Waals surface area contributed by atoms with Crippen LogP contribution in [0.25, 0.3) is 0 Å². The maximum Gasteiger partial charge on any atom is 0.326 e. The van der Waals surface area contributed by atoms with E-state index in [4.69, 9.17) is 5.11 Å². The molecule has 3 N–H and O–H groups in total. The lowest BCUT2D eigenvalue weighted by Crippen LogP contribution is -2.43. The Kier molecular flexibility index (Phi) is 5.56. The number of nitrogens with one attached hydrogen (secondary N) is 2. The van der Waals surface area contributed by atoms with E-state index in [9.17, 15) is 9.59 Å². The van der Waals surface area contributed by atoms with Crippen LogP contribution in [-0.2, 0) is 4.79 Å². The van der Waals surface area contributed by atoms with Crippen molar-refractivity contribution >= 4 is 17.8 Å². The van der Waals surface area contributed by atoms with E-state index in [2.05, 4.69) is 20.6 Å². The van der Waals surface area contributed by atoms with Crippen molar-refractivity contribution in [2.75, 3.05) is 5.32 Å². The van der Waals surface area contributed by atoms with Crippen molar-refractivity contribution in [3.63, 3.8) is 0 Å². The van der Waals surface area contributed by atoms with Crippen LogP contribution in [0, 0.1) is 0 Å². The number of carboxylic acid groups (broad SMARTS) is 1. The van der Waals surface area contributed by atoms with Crippen molar-refractivity contribution in [3.8, 4) is 0 Å². The van der Waals surface area contributed by atoms with Gasteiger partial charge in [-0.05, 0) is 6.42 Å². The first-order chi connectivity index (χ1) is 8.63. The second-order valence-corrected chi connectivity index (χ2v) is 3.72. The van der Waals surface area contributed by atoms with Gasteiger partial charge >= 0.3 is 12.0 Å². The van der Waals surface area contributed by atoms with Crippen LogP contribution in [-0.4, -0.2) is 33.1 Å². The third-order valence-electron chi connectivity index (χ3n) is 2.25. The molecule has 1 unspecified atom stereocenters. The van der Waals surface area contributed by atoms with Gasteiger partial charge in [0.15, 0.2) is 5.82 Å². The zero-order valence-electron chi connectivity index (χ0n) is 10.1. The molecule has 7 nitrogen and oxygen atoms in total. The summed E-state index contributed by atoms with van der Waals surface area (Å²) in [7, 11) is 0. The van der Waals surface area contributed by atoms with Crippen molar-refractivity contribution in [2.24, 2.45) is 0 Å². The average molecular weight is 252 g/mol. The topological polar surface area (TPSA) is 104 Å². The molecule has 0 aliphatic rings. The molecule has 0 aliphatic carbocycles. The normalized spacial score (nSPS) is 11.6. The molecule has 98 valence electrons. The molecule has 0 aliphatic heterocycles. The molecule has 0 saturated heterocycles. The number of carbonyl (C=O) groups is 2. The molecule has 0 spiro atoms. The Morgan fingerprint density at radius 3 is 2.78 bits per heavy atom. The van der Waals surface area contributed by atoms with Gasteiger partial charge in [0.2, 0.25) is 0 Å². The first kappa shape index (κ1) is 13.9. The third-order valence-corrected chi connectivity index (χ3v) is 2.25. The van der Waals surface area contributed by atoms with Gasteiger partial charge in [-0.2, -0.15) is 0 Å². The van der Waals surface area contributed by atoms with Crippen molar-refractivity contribution in [1.82, 2.24) is 15.3 Å². The molecule has 0 saturated carbocycles. The molecular formula is C11H16N4O3. The number of aliphatic carboxylic acids is 1. The lowest BCUT2D eigenvalue weighted by molar-refractivity contribution is -0.139. The summed E-state index contributed by atoms with van der Waals surface area (Å²) in [6.07, 6.45) is 6.30. The predicted octanol–water partition coefficient (Wildman–Crippen LogP) is 1.24. The molecule has 1 aromatic heterocycles. The maximum absolute atomic E-state index is 11.5. The highest BCUT2D eigenvalue weighted by Gasteiger charge is 2.19. The van der Waals surface area contributed by atoms with Gasteiger partial charge in [-0.3, -0.25) is 10.3 Å². The fourth-order valence-electron chi connectivity index (χ4n) is 1.34. The lowest BCUT2D eigenvalue weighted by Gasteiger charge is -2.14. The Hall–Kier alpha value is -2.18. The van der Waals surface area contributed by atoms with Crippen LogP contribution >= 0.6 is 0 Å². The van der Waals surface area contributed by atoms with Crippen molar-refractivity contribution in [1.29, 1.82) is 0 Å². The highest BCUT2D eigenvalue weighted by atomic mass is 16.4. The summed E-state index contributed by atoms with van der Waals surface area (Å²) in [5.41, 5.74) is 0. The van der Waals surface area contributed by atoms with Gasteiger partial charge < -0.3 is 10.4 Å². The third kappa shape index (κ3) is 4.77. The molecule has 1 heterocycles. The Morgan fingerprint density at radius 1 is 1.44 bits per heavy atom. The SMILES string of the molecule is CCCCC(NC(=O)Nc1cnccn1)C(=O)O. The van der Waals surface area contributed by atoms with Crippen LogP contribution in [0.5, 0.6) is 0 Å². The number of amides is 2. The minimum Gasteiger partial charge on any atom is -0.480 e. The summed E-state index contributed by atoms with van der Waals surface area (Å²) in [5, 5.41) is 13.7. The number of urea groups is 1. The van der Waals surface area contributed by atoms with E-state index in [1.165, 1.54) is 18.6 Å². The number of hydrogen-bond acceptors (Lipinski definition) is 4. The quantitative estimate of drug-likeness (QED) is 0.706. The Bertz CT molecular complexity index is 397. The number of anilines is 1. The van der Waals surface area contributed by atoms with Gasteiger partial charge in [0.05, 0.1) is 6.20 Å². The van der Waals surface area contributed by atoms with E-state index in [1.807, 2.05) is 6.92 Å². The molecule has 0 fully saturated rings. The number of nitrogens with zero attached hydrogens (tertiary/aromatic N) is 2. The summed E-state index contributed by atoms with van der Waals surface area (Å²) in [6, 6.07) is -1.49. The fraction of sp³-hybridized carbons (Fsp3) is 0.455. The van der Waals surface area contributed by atoms with E-state index >= 15 is 0 Å². The van der Waals surface area contributed by atoms with Crippen molar-refractivity contribution in [2.45, 2.75) is 32.2 Å². The van der Waals surface area contributed by atoms with Gasteiger partial charge in [-0.1, -0.05) is 19.8 Å². The molecule has 1 atom stereocenters. The first-order valence-electron chi connectivity index (χ1n) is 5.69. The molecule has 0 aromatic carbocycles. The predicted molar refractivity (Wildman–Crippen MR) is 65.1 cm³/mol. The second kappa shape index (κ2) is 7.21. The van der Waals surface area contributed by atoms with Crippen LogP contribution in [0.1, 0.15) is 26.2 Å². The zero-order chi connectivity index (χ0) is 13.4. The Labute approximate surface area is 105 Å². The van der Waals surface area contributed by atoms with Crippen LogP contribution in [0.15, 0.2) is 18.6 Å². The Morgan fingerprint density at radius 2 is 2.22 bits per heavy atom. The highest BCUT2D eigenvalue weighted by Crippen LogP contribution is 2.02. The average Bonchev–Trinajstić information content (AvgIpc) is 2.35. The van der Waals surface area contributed by atoms with Crippen molar-refractivity contribution in [3.05, 3.63) is 18.6 Å². The van der Waals surface area contributed by atoms with Crippen LogP contribution in [0.3, 0.4) is 0 Å². The molecule has 2 amide bonds.